The van der Waals surface area contributed by atoms with E-state index in [9.17, 15) is 0 Å². The Labute approximate surface area is 181 Å². The Kier molecular flexibility index (Phi) is 16.4. The highest BCUT2D eigenvalue weighted by molar-refractivity contribution is 14.0. The summed E-state index contributed by atoms with van der Waals surface area (Å²) in [6, 6.07) is 8.29. The number of nitrogens with zero attached hydrogens (tertiary/aromatic N) is 1. The molecule has 27 heavy (non-hydrogen) atoms. The first-order valence-corrected chi connectivity index (χ1v) is 9.44. The molecule has 1 aromatic rings. The topological polar surface area (TPSA) is 64.1 Å². The van der Waals surface area contributed by atoms with Crippen LogP contribution in [-0.4, -0.2) is 59.6 Å². The van der Waals surface area contributed by atoms with Gasteiger partial charge in [0.2, 0.25) is 0 Å². The number of methoxy groups -OCH3 is 2. The van der Waals surface area contributed by atoms with Crippen LogP contribution in [0.2, 0.25) is 0 Å². The van der Waals surface area contributed by atoms with Crippen LogP contribution in [0.4, 0.5) is 0 Å². The third-order valence-corrected chi connectivity index (χ3v) is 4.05. The van der Waals surface area contributed by atoms with Crippen molar-refractivity contribution < 1.29 is 14.2 Å². The number of halogens is 1. The Bertz CT molecular complexity index is 498. The summed E-state index contributed by atoms with van der Waals surface area (Å²) in [6.45, 7) is 8.78. The van der Waals surface area contributed by atoms with Gasteiger partial charge < -0.3 is 24.8 Å². The maximum atomic E-state index is 5.45. The van der Waals surface area contributed by atoms with Crippen molar-refractivity contribution in [1.29, 1.82) is 0 Å². The molecule has 0 aliphatic heterocycles. The van der Waals surface area contributed by atoms with E-state index in [-0.39, 0.29) is 24.0 Å². The van der Waals surface area contributed by atoms with Gasteiger partial charge in [0.05, 0.1) is 20.3 Å². The number of hydrogen-bond acceptors (Lipinski definition) is 4. The minimum Gasteiger partial charge on any atom is -0.497 e. The Morgan fingerprint density at radius 3 is 2.44 bits per heavy atom. The molecule has 0 spiro atoms. The number of rotatable bonds is 13. The molecule has 0 aromatic heterocycles. The third-order valence-electron chi connectivity index (χ3n) is 4.05. The first-order valence-electron chi connectivity index (χ1n) is 9.44. The van der Waals surface area contributed by atoms with E-state index >= 15 is 0 Å². The van der Waals surface area contributed by atoms with E-state index < -0.39 is 0 Å². The molecule has 0 saturated heterocycles. The number of aliphatic imine (C=N–C) groups is 1. The standard InChI is InChI=1S/C20H35N3O3.HI/c1-5-21-20(22-12-6-14-26-16-15-24-3)23-13-11-17(2)18-7-9-19(25-4)10-8-18;/h7-10,17H,5-6,11-16H2,1-4H3,(H2,21,22,23);1H. The second kappa shape index (κ2) is 17.1. The molecule has 0 aliphatic rings. The maximum absolute atomic E-state index is 5.45. The van der Waals surface area contributed by atoms with Gasteiger partial charge in [-0.05, 0) is 43.4 Å². The molecule has 156 valence electrons. The van der Waals surface area contributed by atoms with E-state index in [2.05, 4.69) is 41.6 Å². The molecule has 0 heterocycles. The molecule has 0 aliphatic carbocycles. The Hall–Kier alpha value is -1.06. The van der Waals surface area contributed by atoms with Gasteiger partial charge in [-0.2, -0.15) is 0 Å². The van der Waals surface area contributed by atoms with Gasteiger partial charge in [-0.25, -0.2) is 0 Å². The highest BCUT2D eigenvalue weighted by Crippen LogP contribution is 2.21. The molecule has 1 rings (SSSR count). The average Bonchev–Trinajstić information content (AvgIpc) is 2.67. The lowest BCUT2D eigenvalue weighted by molar-refractivity contribution is 0.0702. The van der Waals surface area contributed by atoms with Gasteiger partial charge in [0.15, 0.2) is 5.96 Å². The van der Waals surface area contributed by atoms with Gasteiger partial charge in [0, 0.05) is 33.4 Å². The maximum Gasteiger partial charge on any atom is 0.191 e. The largest absolute Gasteiger partial charge is 0.497 e. The van der Waals surface area contributed by atoms with Crippen LogP contribution in [0.15, 0.2) is 29.3 Å². The number of hydrogen-bond donors (Lipinski definition) is 2. The fraction of sp³-hybridized carbons (Fsp3) is 0.650. The number of nitrogens with one attached hydrogen (secondary N) is 2. The second-order valence-corrected chi connectivity index (χ2v) is 6.11. The minimum absolute atomic E-state index is 0. The lowest BCUT2D eigenvalue weighted by Crippen LogP contribution is -2.38. The van der Waals surface area contributed by atoms with Crippen molar-refractivity contribution in [1.82, 2.24) is 10.6 Å². The van der Waals surface area contributed by atoms with Crippen LogP contribution in [0.3, 0.4) is 0 Å². The molecule has 0 fully saturated rings. The second-order valence-electron chi connectivity index (χ2n) is 6.11. The van der Waals surface area contributed by atoms with Crippen molar-refractivity contribution in [3.63, 3.8) is 0 Å². The van der Waals surface area contributed by atoms with E-state index in [0.29, 0.717) is 25.7 Å². The van der Waals surface area contributed by atoms with Crippen molar-refractivity contribution in [2.24, 2.45) is 4.99 Å². The summed E-state index contributed by atoms with van der Waals surface area (Å²) in [6.07, 6.45) is 1.94. The van der Waals surface area contributed by atoms with Crippen LogP contribution < -0.4 is 15.4 Å². The summed E-state index contributed by atoms with van der Waals surface area (Å²) in [7, 11) is 3.37. The molecular weight excluding hydrogens is 457 g/mol. The summed E-state index contributed by atoms with van der Waals surface area (Å²) in [5, 5.41) is 6.69. The van der Waals surface area contributed by atoms with Gasteiger partial charge in [0.25, 0.3) is 0 Å². The molecule has 1 atom stereocenters. The molecule has 7 heteroatoms. The number of benzene rings is 1. The van der Waals surface area contributed by atoms with Crippen LogP contribution in [0.25, 0.3) is 0 Å². The molecule has 0 bridgehead atoms. The van der Waals surface area contributed by atoms with E-state index in [1.54, 1.807) is 14.2 Å². The Morgan fingerprint density at radius 2 is 1.81 bits per heavy atom. The average molecular weight is 493 g/mol. The van der Waals surface area contributed by atoms with Crippen LogP contribution in [0.1, 0.15) is 38.2 Å². The Morgan fingerprint density at radius 1 is 1.07 bits per heavy atom. The predicted molar refractivity (Wildman–Crippen MR) is 123 cm³/mol. The molecule has 0 amide bonds. The van der Waals surface area contributed by atoms with Crippen molar-refractivity contribution >= 4 is 29.9 Å². The zero-order valence-corrected chi connectivity index (χ0v) is 19.5. The molecule has 0 saturated carbocycles. The van der Waals surface area contributed by atoms with Crippen LogP contribution in [-0.2, 0) is 9.47 Å². The fourth-order valence-corrected chi connectivity index (χ4v) is 2.45. The smallest absolute Gasteiger partial charge is 0.191 e. The van der Waals surface area contributed by atoms with E-state index in [1.165, 1.54) is 5.56 Å². The number of guanidine groups is 1. The van der Waals surface area contributed by atoms with Gasteiger partial charge in [-0.3, -0.25) is 4.99 Å². The summed E-state index contributed by atoms with van der Waals surface area (Å²) < 4.78 is 15.6. The third kappa shape index (κ3) is 12.1. The molecule has 1 aromatic carbocycles. The predicted octanol–water partition coefficient (Wildman–Crippen LogP) is 3.42. The summed E-state index contributed by atoms with van der Waals surface area (Å²) in [5.41, 5.74) is 1.32. The summed E-state index contributed by atoms with van der Waals surface area (Å²) in [4.78, 5) is 4.59. The molecule has 6 nitrogen and oxygen atoms in total. The highest BCUT2D eigenvalue weighted by Gasteiger charge is 2.06. The SMILES string of the molecule is CCNC(=NCCCOCCOC)NCCC(C)c1ccc(OC)cc1.I. The summed E-state index contributed by atoms with van der Waals surface area (Å²) >= 11 is 0. The Balaban J connectivity index is 0.00000676. The molecular formula is C20H36IN3O3. The van der Waals surface area contributed by atoms with E-state index in [0.717, 1.165) is 44.2 Å². The zero-order valence-electron chi connectivity index (χ0n) is 17.1. The van der Waals surface area contributed by atoms with Gasteiger partial charge in [0.1, 0.15) is 5.75 Å². The minimum atomic E-state index is 0. The van der Waals surface area contributed by atoms with E-state index in [4.69, 9.17) is 14.2 Å². The van der Waals surface area contributed by atoms with Crippen LogP contribution >= 0.6 is 24.0 Å². The number of ether oxygens (including phenoxy) is 3. The summed E-state index contributed by atoms with van der Waals surface area (Å²) in [5.74, 6) is 2.24. The van der Waals surface area contributed by atoms with Crippen molar-refractivity contribution in [2.45, 2.75) is 32.6 Å². The fourth-order valence-electron chi connectivity index (χ4n) is 2.45. The monoisotopic (exact) mass is 493 g/mol. The first-order chi connectivity index (χ1) is 12.7. The quantitative estimate of drug-likeness (QED) is 0.191. The first kappa shape index (κ1) is 25.9. The van der Waals surface area contributed by atoms with Gasteiger partial charge in [-0.15, -0.1) is 24.0 Å². The zero-order chi connectivity index (χ0) is 19.0. The van der Waals surface area contributed by atoms with Crippen LogP contribution in [0.5, 0.6) is 5.75 Å². The highest BCUT2D eigenvalue weighted by atomic mass is 127. The lowest BCUT2D eigenvalue weighted by Gasteiger charge is -2.15. The van der Waals surface area contributed by atoms with Crippen molar-refractivity contribution in [3.05, 3.63) is 29.8 Å². The lowest BCUT2D eigenvalue weighted by atomic mass is 9.98. The normalized spacial score (nSPS) is 12.2. The molecule has 0 radical (unpaired) electrons. The van der Waals surface area contributed by atoms with E-state index in [1.807, 2.05) is 12.1 Å². The van der Waals surface area contributed by atoms with Gasteiger partial charge >= 0.3 is 0 Å². The van der Waals surface area contributed by atoms with Gasteiger partial charge in [-0.1, -0.05) is 19.1 Å². The van der Waals surface area contributed by atoms with Crippen molar-refractivity contribution in [3.8, 4) is 5.75 Å². The molecule has 1 unspecified atom stereocenters. The van der Waals surface area contributed by atoms with Crippen LogP contribution in [0, 0.1) is 0 Å². The molecule has 2 N–H and O–H groups in total. The van der Waals surface area contributed by atoms with Crippen molar-refractivity contribution in [2.75, 3.05) is 53.7 Å².